The fourth-order valence-electron chi connectivity index (χ4n) is 1.65. The van der Waals surface area contributed by atoms with Crippen LogP contribution in [0.3, 0.4) is 0 Å². The fourth-order valence-corrected chi connectivity index (χ4v) is 1.65. The van der Waals surface area contributed by atoms with Crippen LogP contribution in [0.2, 0.25) is 0 Å². The van der Waals surface area contributed by atoms with Crippen molar-refractivity contribution in [1.29, 1.82) is 0 Å². The van der Waals surface area contributed by atoms with Gasteiger partial charge in [-0.15, -0.1) is 0 Å². The van der Waals surface area contributed by atoms with E-state index >= 15 is 0 Å². The molecule has 1 aromatic carbocycles. The van der Waals surface area contributed by atoms with Crippen LogP contribution >= 0.6 is 0 Å². The van der Waals surface area contributed by atoms with Crippen LogP contribution in [0.4, 0.5) is 0 Å². The highest BCUT2D eigenvalue weighted by Crippen LogP contribution is 2.12. The molecule has 2 N–H and O–H groups in total. The van der Waals surface area contributed by atoms with Gasteiger partial charge in [0.25, 0.3) is 0 Å². The predicted molar refractivity (Wildman–Crippen MR) is 57.9 cm³/mol. The molecule has 0 bridgehead atoms. The Morgan fingerprint density at radius 1 is 1.38 bits per heavy atom. The maximum Gasteiger partial charge on any atom is 0.00509 e. The highest BCUT2D eigenvalue weighted by molar-refractivity contribution is 5.31. The average molecular weight is 177 g/mol. The van der Waals surface area contributed by atoms with Crippen molar-refractivity contribution in [1.82, 2.24) is 0 Å². The smallest absolute Gasteiger partial charge is 0.00509 e. The van der Waals surface area contributed by atoms with Crippen molar-refractivity contribution < 1.29 is 0 Å². The summed E-state index contributed by atoms with van der Waals surface area (Å²) in [6.07, 6.45) is 2.09. The summed E-state index contributed by atoms with van der Waals surface area (Å²) in [5.74, 6) is 0. The molecule has 0 aromatic heterocycles. The molecule has 1 aromatic rings. The number of hydrogen-bond donors (Lipinski definition) is 1. The predicted octanol–water partition coefficient (Wildman–Crippen LogP) is 2.45. The first-order chi connectivity index (χ1) is 6.13. The Morgan fingerprint density at radius 3 is 2.54 bits per heavy atom. The SMILES string of the molecule is CCc1ccc(CC(C)N)cc1C. The molecular formula is C12H19N. The Balaban J connectivity index is 2.83. The molecule has 0 saturated carbocycles. The van der Waals surface area contributed by atoms with E-state index in [1.54, 1.807) is 0 Å². The number of rotatable bonds is 3. The van der Waals surface area contributed by atoms with Crippen LogP contribution in [0.1, 0.15) is 30.5 Å². The molecule has 0 amide bonds. The zero-order chi connectivity index (χ0) is 9.84. The molecule has 0 aliphatic carbocycles. The Morgan fingerprint density at radius 2 is 2.08 bits per heavy atom. The van der Waals surface area contributed by atoms with Gasteiger partial charge in [-0.1, -0.05) is 25.1 Å². The molecule has 1 atom stereocenters. The number of nitrogens with two attached hydrogens (primary N) is 1. The highest BCUT2D eigenvalue weighted by atomic mass is 14.6. The summed E-state index contributed by atoms with van der Waals surface area (Å²) in [4.78, 5) is 0. The fraction of sp³-hybridized carbons (Fsp3) is 0.500. The minimum absolute atomic E-state index is 0.256. The number of hydrogen-bond acceptors (Lipinski definition) is 1. The van der Waals surface area contributed by atoms with Crippen LogP contribution in [0.25, 0.3) is 0 Å². The Kier molecular flexibility index (Phi) is 3.49. The van der Waals surface area contributed by atoms with Crippen molar-refractivity contribution in [2.75, 3.05) is 0 Å². The topological polar surface area (TPSA) is 26.0 Å². The zero-order valence-corrected chi connectivity index (χ0v) is 8.80. The lowest BCUT2D eigenvalue weighted by atomic mass is 10.00. The molecule has 13 heavy (non-hydrogen) atoms. The van der Waals surface area contributed by atoms with Gasteiger partial charge in [0.15, 0.2) is 0 Å². The lowest BCUT2D eigenvalue weighted by Crippen LogP contribution is -2.17. The van der Waals surface area contributed by atoms with Crippen molar-refractivity contribution in [3.8, 4) is 0 Å². The third-order valence-electron chi connectivity index (χ3n) is 2.35. The molecular weight excluding hydrogens is 158 g/mol. The third-order valence-corrected chi connectivity index (χ3v) is 2.35. The zero-order valence-electron chi connectivity index (χ0n) is 8.80. The van der Waals surface area contributed by atoms with E-state index in [1.807, 2.05) is 6.92 Å². The molecule has 0 heterocycles. The molecule has 0 aliphatic rings. The van der Waals surface area contributed by atoms with Gasteiger partial charge >= 0.3 is 0 Å². The van der Waals surface area contributed by atoms with Gasteiger partial charge in [-0.05, 0) is 43.4 Å². The minimum atomic E-state index is 0.256. The standard InChI is InChI=1S/C12H19N/c1-4-12-6-5-11(7-9(12)2)8-10(3)13/h5-7,10H,4,8,13H2,1-3H3. The molecule has 1 unspecified atom stereocenters. The second kappa shape index (κ2) is 4.43. The summed E-state index contributed by atoms with van der Waals surface area (Å²) >= 11 is 0. The molecule has 1 nitrogen and oxygen atoms in total. The van der Waals surface area contributed by atoms with E-state index in [-0.39, 0.29) is 6.04 Å². The van der Waals surface area contributed by atoms with Crippen LogP contribution < -0.4 is 5.73 Å². The van der Waals surface area contributed by atoms with Gasteiger partial charge < -0.3 is 5.73 Å². The van der Waals surface area contributed by atoms with Gasteiger partial charge in [0.05, 0.1) is 0 Å². The van der Waals surface area contributed by atoms with E-state index in [9.17, 15) is 0 Å². The maximum absolute atomic E-state index is 5.75. The summed E-state index contributed by atoms with van der Waals surface area (Å²) in [5, 5.41) is 0. The van der Waals surface area contributed by atoms with Crippen molar-refractivity contribution >= 4 is 0 Å². The summed E-state index contributed by atoms with van der Waals surface area (Å²) in [6, 6.07) is 6.91. The van der Waals surface area contributed by atoms with Gasteiger partial charge in [0.1, 0.15) is 0 Å². The Hall–Kier alpha value is -0.820. The highest BCUT2D eigenvalue weighted by Gasteiger charge is 2.00. The molecule has 72 valence electrons. The first kappa shape index (κ1) is 10.3. The molecule has 0 radical (unpaired) electrons. The van der Waals surface area contributed by atoms with Crippen molar-refractivity contribution in [3.63, 3.8) is 0 Å². The van der Waals surface area contributed by atoms with Crippen molar-refractivity contribution in [2.24, 2.45) is 5.73 Å². The maximum atomic E-state index is 5.75. The summed E-state index contributed by atoms with van der Waals surface area (Å²) in [5.41, 5.74) is 9.92. The normalized spacial score (nSPS) is 12.9. The molecule has 0 spiro atoms. The Bertz CT molecular complexity index is 276. The minimum Gasteiger partial charge on any atom is -0.328 e. The van der Waals surface area contributed by atoms with E-state index in [0.717, 1.165) is 12.8 Å². The largest absolute Gasteiger partial charge is 0.328 e. The molecule has 0 aliphatic heterocycles. The number of aryl methyl sites for hydroxylation is 2. The van der Waals surface area contributed by atoms with E-state index < -0.39 is 0 Å². The van der Waals surface area contributed by atoms with Gasteiger partial charge in [-0.25, -0.2) is 0 Å². The monoisotopic (exact) mass is 177 g/mol. The number of benzene rings is 1. The van der Waals surface area contributed by atoms with E-state index in [4.69, 9.17) is 5.73 Å². The molecule has 1 rings (SSSR count). The van der Waals surface area contributed by atoms with Crippen molar-refractivity contribution in [3.05, 3.63) is 34.9 Å². The lowest BCUT2D eigenvalue weighted by Gasteiger charge is -2.08. The van der Waals surface area contributed by atoms with Crippen molar-refractivity contribution in [2.45, 2.75) is 39.7 Å². The first-order valence-electron chi connectivity index (χ1n) is 4.97. The van der Waals surface area contributed by atoms with Gasteiger partial charge in [-0.3, -0.25) is 0 Å². The Labute approximate surface area is 81.0 Å². The van der Waals surface area contributed by atoms with Crippen LogP contribution in [0.15, 0.2) is 18.2 Å². The second-order valence-electron chi connectivity index (χ2n) is 3.80. The second-order valence-corrected chi connectivity index (χ2v) is 3.80. The first-order valence-corrected chi connectivity index (χ1v) is 4.97. The quantitative estimate of drug-likeness (QED) is 0.754. The lowest BCUT2D eigenvalue weighted by molar-refractivity contribution is 0.737. The molecule has 0 saturated heterocycles. The molecule has 0 fully saturated rings. The van der Waals surface area contributed by atoms with Crippen LogP contribution in [-0.4, -0.2) is 6.04 Å². The van der Waals surface area contributed by atoms with E-state index in [0.29, 0.717) is 0 Å². The van der Waals surface area contributed by atoms with E-state index in [1.165, 1.54) is 16.7 Å². The van der Waals surface area contributed by atoms with Gasteiger partial charge in [0.2, 0.25) is 0 Å². The summed E-state index contributed by atoms with van der Waals surface area (Å²) in [6.45, 7) is 6.40. The van der Waals surface area contributed by atoms with Gasteiger partial charge in [-0.2, -0.15) is 0 Å². The summed E-state index contributed by atoms with van der Waals surface area (Å²) in [7, 11) is 0. The van der Waals surface area contributed by atoms with Crippen LogP contribution in [-0.2, 0) is 12.8 Å². The third kappa shape index (κ3) is 2.85. The summed E-state index contributed by atoms with van der Waals surface area (Å²) < 4.78 is 0. The van der Waals surface area contributed by atoms with Gasteiger partial charge in [0, 0.05) is 6.04 Å². The van der Waals surface area contributed by atoms with Crippen LogP contribution in [0.5, 0.6) is 0 Å². The molecule has 1 heteroatoms. The van der Waals surface area contributed by atoms with E-state index in [2.05, 4.69) is 32.0 Å². The van der Waals surface area contributed by atoms with Crippen LogP contribution in [0, 0.1) is 6.92 Å². The average Bonchev–Trinajstić information content (AvgIpc) is 2.03.